The molecule has 0 spiro atoms. The van der Waals surface area contributed by atoms with Gasteiger partial charge in [0.2, 0.25) is 0 Å². The van der Waals surface area contributed by atoms with E-state index < -0.39 is 0 Å². The standard InChI is InChI=1S/C17H11BrINO/c18-15-9-8-12(19)10-14(15)17(21)20-16-7-3-5-11-4-1-2-6-13(11)16/h1-10H,(H,20,21). The third-order valence-electron chi connectivity index (χ3n) is 3.21. The van der Waals surface area contributed by atoms with Crippen LogP contribution in [0.5, 0.6) is 0 Å². The topological polar surface area (TPSA) is 29.1 Å². The summed E-state index contributed by atoms with van der Waals surface area (Å²) in [5.41, 5.74) is 1.46. The Morgan fingerprint density at radius 1 is 1.00 bits per heavy atom. The maximum atomic E-state index is 12.5. The van der Waals surface area contributed by atoms with Crippen molar-refractivity contribution in [1.29, 1.82) is 0 Å². The van der Waals surface area contributed by atoms with Crippen molar-refractivity contribution in [2.45, 2.75) is 0 Å². The molecular formula is C17H11BrINO. The van der Waals surface area contributed by atoms with Crippen LogP contribution in [-0.2, 0) is 0 Å². The molecule has 0 bridgehead atoms. The molecule has 4 heteroatoms. The van der Waals surface area contributed by atoms with E-state index in [4.69, 9.17) is 0 Å². The number of fused-ring (bicyclic) bond motifs is 1. The fraction of sp³-hybridized carbons (Fsp3) is 0. The summed E-state index contributed by atoms with van der Waals surface area (Å²) in [6.07, 6.45) is 0. The van der Waals surface area contributed by atoms with Crippen molar-refractivity contribution >= 4 is 60.9 Å². The molecule has 0 saturated carbocycles. The summed E-state index contributed by atoms with van der Waals surface area (Å²) >= 11 is 5.63. The van der Waals surface area contributed by atoms with Gasteiger partial charge in [0.05, 0.1) is 5.56 Å². The van der Waals surface area contributed by atoms with Crippen LogP contribution in [-0.4, -0.2) is 5.91 Å². The van der Waals surface area contributed by atoms with Gasteiger partial charge in [0.1, 0.15) is 0 Å². The van der Waals surface area contributed by atoms with Gasteiger partial charge in [-0.25, -0.2) is 0 Å². The summed E-state index contributed by atoms with van der Waals surface area (Å²) in [5.74, 6) is -0.114. The minimum atomic E-state index is -0.114. The van der Waals surface area contributed by atoms with E-state index in [1.54, 1.807) is 0 Å². The number of anilines is 1. The van der Waals surface area contributed by atoms with Crippen LogP contribution in [0.3, 0.4) is 0 Å². The number of hydrogen-bond acceptors (Lipinski definition) is 1. The van der Waals surface area contributed by atoms with Crippen molar-refractivity contribution in [3.05, 3.63) is 74.3 Å². The lowest BCUT2D eigenvalue weighted by Gasteiger charge is -2.10. The molecule has 104 valence electrons. The van der Waals surface area contributed by atoms with E-state index in [1.807, 2.05) is 60.7 Å². The van der Waals surface area contributed by atoms with Gasteiger partial charge >= 0.3 is 0 Å². The average Bonchev–Trinajstić information content (AvgIpc) is 2.50. The van der Waals surface area contributed by atoms with Crippen molar-refractivity contribution in [2.75, 3.05) is 5.32 Å². The Morgan fingerprint density at radius 2 is 1.76 bits per heavy atom. The smallest absolute Gasteiger partial charge is 0.256 e. The second kappa shape index (κ2) is 6.15. The van der Waals surface area contributed by atoms with Gasteiger partial charge in [-0.15, -0.1) is 0 Å². The zero-order valence-electron chi connectivity index (χ0n) is 10.9. The minimum absolute atomic E-state index is 0.114. The molecule has 3 rings (SSSR count). The Hall–Kier alpha value is -1.40. The number of amides is 1. The highest BCUT2D eigenvalue weighted by atomic mass is 127. The number of halogens is 2. The third kappa shape index (κ3) is 3.11. The van der Waals surface area contributed by atoms with Gasteiger partial charge in [-0.1, -0.05) is 36.4 Å². The molecule has 0 fully saturated rings. The lowest BCUT2D eigenvalue weighted by molar-refractivity contribution is 0.102. The van der Waals surface area contributed by atoms with Gasteiger partial charge in [0, 0.05) is 19.1 Å². The maximum absolute atomic E-state index is 12.5. The van der Waals surface area contributed by atoms with Crippen LogP contribution in [0.2, 0.25) is 0 Å². The molecule has 3 aromatic carbocycles. The van der Waals surface area contributed by atoms with Crippen LogP contribution in [0.4, 0.5) is 5.69 Å². The lowest BCUT2D eigenvalue weighted by Crippen LogP contribution is -2.13. The average molecular weight is 452 g/mol. The molecule has 1 amide bonds. The second-order valence-electron chi connectivity index (χ2n) is 4.61. The molecule has 1 N–H and O–H groups in total. The predicted molar refractivity (Wildman–Crippen MR) is 98.8 cm³/mol. The summed E-state index contributed by atoms with van der Waals surface area (Å²) in [6.45, 7) is 0. The summed E-state index contributed by atoms with van der Waals surface area (Å²) < 4.78 is 1.82. The Kier molecular flexibility index (Phi) is 4.26. The van der Waals surface area contributed by atoms with E-state index in [0.717, 1.165) is 24.5 Å². The molecule has 0 aliphatic heterocycles. The summed E-state index contributed by atoms with van der Waals surface area (Å²) in [6, 6.07) is 19.6. The highest BCUT2D eigenvalue weighted by Crippen LogP contribution is 2.25. The number of hydrogen-bond donors (Lipinski definition) is 1. The molecule has 0 atom stereocenters. The molecular weight excluding hydrogens is 441 g/mol. The van der Waals surface area contributed by atoms with Crippen LogP contribution < -0.4 is 5.32 Å². The molecule has 0 heterocycles. The predicted octanol–water partition coefficient (Wildman–Crippen LogP) is 5.46. The zero-order valence-corrected chi connectivity index (χ0v) is 14.7. The summed E-state index contributed by atoms with van der Waals surface area (Å²) in [7, 11) is 0. The van der Waals surface area contributed by atoms with Gasteiger partial charge in [-0.2, -0.15) is 0 Å². The second-order valence-corrected chi connectivity index (χ2v) is 6.70. The van der Waals surface area contributed by atoms with Crippen LogP contribution in [0.15, 0.2) is 65.1 Å². The van der Waals surface area contributed by atoms with Crippen molar-refractivity contribution in [2.24, 2.45) is 0 Å². The Labute approximate surface area is 144 Å². The first-order valence-corrected chi connectivity index (χ1v) is 8.26. The fourth-order valence-corrected chi connectivity index (χ4v) is 3.11. The first kappa shape index (κ1) is 14.5. The number of nitrogens with one attached hydrogen (secondary N) is 1. The van der Waals surface area contributed by atoms with Crippen molar-refractivity contribution < 1.29 is 4.79 Å². The third-order valence-corrected chi connectivity index (χ3v) is 4.57. The maximum Gasteiger partial charge on any atom is 0.256 e. The van der Waals surface area contributed by atoms with Crippen molar-refractivity contribution in [3.8, 4) is 0 Å². The quantitative estimate of drug-likeness (QED) is 0.515. The molecule has 0 radical (unpaired) electrons. The van der Waals surface area contributed by atoms with Crippen LogP contribution in [0.1, 0.15) is 10.4 Å². The molecule has 0 aliphatic rings. The number of carbonyl (C=O) groups is 1. The van der Waals surface area contributed by atoms with Gasteiger partial charge in [0.25, 0.3) is 5.91 Å². The van der Waals surface area contributed by atoms with Crippen molar-refractivity contribution in [3.63, 3.8) is 0 Å². The van der Waals surface area contributed by atoms with Crippen LogP contribution in [0, 0.1) is 3.57 Å². The summed E-state index contributed by atoms with van der Waals surface area (Å²) in [4.78, 5) is 12.5. The van der Waals surface area contributed by atoms with Crippen molar-refractivity contribution in [1.82, 2.24) is 0 Å². The SMILES string of the molecule is O=C(Nc1cccc2ccccc12)c1cc(I)ccc1Br. The minimum Gasteiger partial charge on any atom is -0.321 e. The van der Waals surface area contributed by atoms with Gasteiger partial charge in [-0.05, 0) is 68.2 Å². The largest absolute Gasteiger partial charge is 0.321 e. The normalized spacial score (nSPS) is 10.6. The lowest BCUT2D eigenvalue weighted by atomic mass is 10.1. The monoisotopic (exact) mass is 451 g/mol. The van der Waals surface area contributed by atoms with Gasteiger partial charge in [-0.3, -0.25) is 4.79 Å². The van der Waals surface area contributed by atoms with Crippen LogP contribution >= 0.6 is 38.5 Å². The van der Waals surface area contributed by atoms with Gasteiger partial charge in [0.15, 0.2) is 0 Å². The molecule has 0 aliphatic carbocycles. The van der Waals surface area contributed by atoms with E-state index in [2.05, 4.69) is 43.8 Å². The fourth-order valence-electron chi connectivity index (χ4n) is 2.20. The zero-order chi connectivity index (χ0) is 14.8. The molecule has 0 unspecified atom stereocenters. The Bertz CT molecular complexity index is 827. The number of carbonyl (C=O) groups excluding carboxylic acids is 1. The molecule has 0 saturated heterocycles. The molecule has 3 aromatic rings. The number of benzene rings is 3. The van der Waals surface area contributed by atoms with E-state index in [9.17, 15) is 4.79 Å². The van der Waals surface area contributed by atoms with E-state index >= 15 is 0 Å². The first-order chi connectivity index (χ1) is 10.1. The van der Waals surface area contributed by atoms with Gasteiger partial charge < -0.3 is 5.32 Å². The number of rotatable bonds is 2. The van der Waals surface area contributed by atoms with E-state index in [-0.39, 0.29) is 5.91 Å². The first-order valence-electron chi connectivity index (χ1n) is 6.39. The molecule has 0 aromatic heterocycles. The Balaban J connectivity index is 1.99. The van der Waals surface area contributed by atoms with E-state index in [0.29, 0.717) is 5.56 Å². The highest BCUT2D eigenvalue weighted by molar-refractivity contribution is 14.1. The molecule has 2 nitrogen and oxygen atoms in total. The molecule has 21 heavy (non-hydrogen) atoms. The summed E-state index contributed by atoms with van der Waals surface area (Å²) in [5, 5.41) is 5.14. The van der Waals surface area contributed by atoms with E-state index in [1.165, 1.54) is 0 Å². The highest BCUT2D eigenvalue weighted by Gasteiger charge is 2.12. The Morgan fingerprint density at radius 3 is 2.62 bits per heavy atom. The van der Waals surface area contributed by atoms with Crippen LogP contribution in [0.25, 0.3) is 10.8 Å².